The summed E-state index contributed by atoms with van der Waals surface area (Å²) in [5.74, 6) is 0.258. The van der Waals surface area contributed by atoms with Gasteiger partial charge < -0.3 is 20.4 Å². The molecule has 3 N–H and O–H groups in total. The molecule has 3 aromatic heterocycles. The van der Waals surface area contributed by atoms with Crippen LogP contribution in [0.3, 0.4) is 0 Å². The van der Waals surface area contributed by atoms with E-state index in [4.69, 9.17) is 10.5 Å². The van der Waals surface area contributed by atoms with Crippen LogP contribution >= 0.6 is 0 Å². The number of nitrogens with one attached hydrogen (secondary N) is 1. The molecule has 156 valence electrons. The number of rotatable bonds is 5. The third-order valence-corrected chi connectivity index (χ3v) is 6.14. The number of nitrogens with two attached hydrogens (primary N) is 1. The number of hydrogen-bond acceptors (Lipinski definition) is 5. The molecule has 0 unspecified atom stereocenters. The average Bonchev–Trinajstić information content (AvgIpc) is 3.29. The molecule has 5 rings (SSSR count). The van der Waals surface area contributed by atoms with E-state index in [1.54, 1.807) is 30.2 Å². The van der Waals surface area contributed by atoms with Crippen molar-refractivity contribution in [2.75, 3.05) is 12.3 Å². The molecule has 0 bridgehead atoms. The lowest BCUT2D eigenvalue weighted by atomic mass is 10.1. The van der Waals surface area contributed by atoms with Gasteiger partial charge in [-0.1, -0.05) is 0 Å². The lowest BCUT2D eigenvalue weighted by molar-refractivity contribution is 0.0691. The Hall–Kier alpha value is -3.00. The van der Waals surface area contributed by atoms with E-state index >= 15 is 0 Å². The fourth-order valence-corrected chi connectivity index (χ4v) is 4.26. The van der Waals surface area contributed by atoms with E-state index in [9.17, 15) is 9.18 Å². The number of hydrogen-bond donors (Lipinski definition) is 2. The van der Waals surface area contributed by atoms with Crippen molar-refractivity contribution >= 4 is 22.8 Å². The lowest BCUT2D eigenvalue weighted by Crippen LogP contribution is -2.34. The summed E-state index contributed by atoms with van der Waals surface area (Å²) in [7, 11) is 0. The number of nitrogen functional groups attached to an aromatic ring is 1. The van der Waals surface area contributed by atoms with Gasteiger partial charge in [-0.25, -0.2) is 9.37 Å². The van der Waals surface area contributed by atoms with E-state index in [2.05, 4.69) is 15.0 Å². The van der Waals surface area contributed by atoms with Crippen LogP contribution in [0.15, 0.2) is 18.3 Å². The Labute approximate surface area is 173 Å². The normalized spacial score (nSPS) is 16.6. The predicted octanol–water partition coefficient (Wildman–Crippen LogP) is 3.81. The zero-order valence-electron chi connectivity index (χ0n) is 17.0. The van der Waals surface area contributed by atoms with E-state index in [-0.39, 0.29) is 17.4 Å². The Balaban J connectivity index is 1.47. The van der Waals surface area contributed by atoms with E-state index < -0.39 is 6.04 Å². The van der Waals surface area contributed by atoms with Crippen LogP contribution in [0.25, 0.3) is 11.0 Å². The second-order valence-electron chi connectivity index (χ2n) is 8.07. The van der Waals surface area contributed by atoms with Crippen molar-refractivity contribution in [3.63, 3.8) is 0 Å². The summed E-state index contributed by atoms with van der Waals surface area (Å²) in [5, 5.41) is 0. The minimum absolute atomic E-state index is 0.235. The lowest BCUT2D eigenvalue weighted by Gasteiger charge is -2.27. The first-order chi connectivity index (χ1) is 14.5. The van der Waals surface area contributed by atoms with Crippen molar-refractivity contribution in [3.05, 3.63) is 52.2 Å². The van der Waals surface area contributed by atoms with Crippen LogP contribution in [0.2, 0.25) is 0 Å². The van der Waals surface area contributed by atoms with E-state index in [0.717, 1.165) is 35.0 Å². The second-order valence-corrected chi connectivity index (χ2v) is 8.07. The first-order valence-electron chi connectivity index (χ1n) is 10.3. The molecule has 3 aromatic rings. The average molecular weight is 409 g/mol. The number of nitrogens with zero attached hydrogens (tertiary/aromatic N) is 3. The van der Waals surface area contributed by atoms with Crippen LogP contribution in [0.1, 0.15) is 71.5 Å². The summed E-state index contributed by atoms with van der Waals surface area (Å²) in [6.45, 7) is 4.94. The Bertz CT molecular complexity index is 1150. The number of pyridine rings is 2. The smallest absolute Gasteiger partial charge is 0.270 e. The zero-order chi connectivity index (χ0) is 21.0. The predicted molar refractivity (Wildman–Crippen MR) is 110 cm³/mol. The molecule has 1 atom stereocenters. The monoisotopic (exact) mass is 409 g/mol. The Morgan fingerprint density at radius 2 is 2.13 bits per heavy atom. The summed E-state index contributed by atoms with van der Waals surface area (Å²) in [6, 6.07) is 2.75. The van der Waals surface area contributed by atoms with Crippen molar-refractivity contribution in [3.8, 4) is 0 Å². The molecule has 2 aliphatic rings. The molecular weight excluding hydrogens is 385 g/mol. The summed E-state index contributed by atoms with van der Waals surface area (Å²) < 4.78 is 20.3. The van der Waals surface area contributed by atoms with Crippen LogP contribution in [0, 0.1) is 5.82 Å². The number of amides is 1. The Morgan fingerprint density at radius 3 is 2.83 bits per heavy atom. The Morgan fingerprint density at radius 1 is 1.37 bits per heavy atom. The molecule has 7 nitrogen and oxygen atoms in total. The third-order valence-electron chi connectivity index (χ3n) is 6.14. The second kappa shape index (κ2) is 7.05. The first-order valence-corrected chi connectivity index (χ1v) is 10.3. The molecule has 0 saturated heterocycles. The number of ether oxygens (including phenoxy) is 1. The summed E-state index contributed by atoms with van der Waals surface area (Å²) in [5.41, 5.74) is 10.8. The number of fused-ring (bicyclic) bond motifs is 3. The fraction of sp³-hybridized carbons (Fsp3) is 0.409. The molecule has 1 fully saturated rings. The molecule has 1 aliphatic heterocycles. The van der Waals surface area contributed by atoms with Crippen molar-refractivity contribution in [2.45, 2.75) is 51.9 Å². The van der Waals surface area contributed by atoms with Gasteiger partial charge in [-0.15, -0.1) is 0 Å². The van der Waals surface area contributed by atoms with Crippen molar-refractivity contribution < 1.29 is 13.9 Å². The number of anilines is 1. The van der Waals surface area contributed by atoms with Gasteiger partial charge in [-0.05, 0) is 50.3 Å². The van der Waals surface area contributed by atoms with Gasteiger partial charge in [0.1, 0.15) is 17.3 Å². The number of H-pyrrole nitrogens is 1. The highest BCUT2D eigenvalue weighted by Crippen LogP contribution is 2.40. The minimum atomic E-state index is -0.505. The summed E-state index contributed by atoms with van der Waals surface area (Å²) >= 11 is 0. The Kier molecular flexibility index (Phi) is 4.47. The van der Waals surface area contributed by atoms with Gasteiger partial charge in [0.2, 0.25) is 0 Å². The van der Waals surface area contributed by atoms with Gasteiger partial charge >= 0.3 is 0 Å². The molecule has 8 heteroatoms. The number of halogens is 1. The third kappa shape index (κ3) is 3.02. The molecule has 1 saturated carbocycles. The van der Waals surface area contributed by atoms with Gasteiger partial charge in [0.05, 0.1) is 36.0 Å². The highest BCUT2D eigenvalue weighted by atomic mass is 19.1. The molecule has 30 heavy (non-hydrogen) atoms. The van der Waals surface area contributed by atoms with Crippen LogP contribution in [0.4, 0.5) is 10.2 Å². The van der Waals surface area contributed by atoms with E-state index in [0.29, 0.717) is 42.7 Å². The highest BCUT2D eigenvalue weighted by molar-refractivity contribution is 5.98. The zero-order valence-corrected chi connectivity index (χ0v) is 17.0. The largest absolute Gasteiger partial charge is 0.383 e. The fourth-order valence-electron chi connectivity index (χ4n) is 4.26. The van der Waals surface area contributed by atoms with Gasteiger partial charge in [-0.3, -0.25) is 9.78 Å². The van der Waals surface area contributed by atoms with Gasteiger partial charge in [-0.2, -0.15) is 0 Å². The van der Waals surface area contributed by atoms with Crippen molar-refractivity contribution in [2.24, 2.45) is 0 Å². The molecule has 1 aliphatic carbocycles. The van der Waals surface area contributed by atoms with Crippen LogP contribution in [-0.4, -0.2) is 32.3 Å². The first kappa shape index (κ1) is 19.0. The summed E-state index contributed by atoms with van der Waals surface area (Å²) in [6.07, 6.45) is 3.91. The SMILES string of the molecule is CCN(C(=O)c1cc2nc(N)c3c(c2[nH]1)COC3)[C@@H](C)c1ncc(C2CC2)cc1F. The maximum atomic E-state index is 14.8. The maximum absolute atomic E-state index is 14.8. The number of aromatic nitrogens is 3. The quantitative estimate of drug-likeness (QED) is 0.668. The molecule has 0 aromatic carbocycles. The van der Waals surface area contributed by atoms with Gasteiger partial charge in [0.15, 0.2) is 0 Å². The van der Waals surface area contributed by atoms with Crippen LogP contribution in [-0.2, 0) is 18.0 Å². The van der Waals surface area contributed by atoms with Gasteiger partial charge in [0.25, 0.3) is 5.91 Å². The molecule has 0 spiro atoms. The number of carbonyl (C=O) groups is 1. The highest BCUT2D eigenvalue weighted by Gasteiger charge is 2.29. The number of carbonyl (C=O) groups excluding carboxylic acids is 1. The standard InChI is InChI=1S/C22H24FN5O2/c1-3-28(11(2)19-16(23)6-13(8-25-19)12-4-5-12)22(29)18-7-17-20(26-18)14-9-30-10-15(14)21(24)27-17/h6-8,11-12,26H,3-5,9-10H2,1-2H3,(H2,24,27)/t11-/m0/s1. The van der Waals surface area contributed by atoms with Crippen LogP contribution < -0.4 is 5.73 Å². The van der Waals surface area contributed by atoms with Crippen molar-refractivity contribution in [1.29, 1.82) is 0 Å². The van der Waals surface area contributed by atoms with Gasteiger partial charge in [0, 0.05) is 23.9 Å². The maximum Gasteiger partial charge on any atom is 0.270 e. The number of aromatic amines is 1. The molecular formula is C22H24FN5O2. The van der Waals surface area contributed by atoms with Crippen LogP contribution in [0.5, 0.6) is 0 Å². The van der Waals surface area contributed by atoms with E-state index in [1.165, 1.54) is 0 Å². The van der Waals surface area contributed by atoms with Crippen molar-refractivity contribution in [1.82, 2.24) is 19.9 Å². The molecule has 1 amide bonds. The van der Waals surface area contributed by atoms with E-state index in [1.807, 2.05) is 6.92 Å². The summed E-state index contributed by atoms with van der Waals surface area (Å²) in [4.78, 5) is 26.9. The topological polar surface area (TPSA) is 97.1 Å². The molecule has 0 radical (unpaired) electrons. The molecule has 4 heterocycles. The minimum Gasteiger partial charge on any atom is -0.383 e.